The predicted octanol–water partition coefficient (Wildman–Crippen LogP) is 3.33. The molecule has 18 heavy (non-hydrogen) atoms. The van der Waals surface area contributed by atoms with E-state index in [4.69, 9.17) is 0 Å². The first kappa shape index (κ1) is 12.6. The van der Waals surface area contributed by atoms with E-state index in [0.29, 0.717) is 5.56 Å². The Kier molecular flexibility index (Phi) is 3.64. The minimum atomic E-state index is -1.81. The van der Waals surface area contributed by atoms with Crippen molar-refractivity contribution in [1.29, 1.82) is 0 Å². The number of halogens is 1. The third kappa shape index (κ3) is 2.88. The van der Waals surface area contributed by atoms with Gasteiger partial charge in [0.2, 0.25) is 0 Å². The van der Waals surface area contributed by atoms with Crippen LogP contribution in [0.2, 0.25) is 13.1 Å². The summed E-state index contributed by atoms with van der Waals surface area (Å²) in [7, 11) is -1.81. The van der Waals surface area contributed by atoms with Crippen molar-refractivity contribution in [2.45, 2.75) is 13.1 Å². The van der Waals surface area contributed by atoms with Crippen LogP contribution in [0.5, 0.6) is 0 Å². The van der Waals surface area contributed by atoms with Gasteiger partial charge in [0.25, 0.3) is 0 Å². The van der Waals surface area contributed by atoms with Gasteiger partial charge in [-0.3, -0.25) is 0 Å². The second-order valence-electron chi connectivity index (χ2n) is 4.72. The largest absolute Gasteiger partial charge is 0.206 e. The van der Waals surface area contributed by atoms with E-state index in [9.17, 15) is 4.39 Å². The average molecular weight is 254 g/mol. The Balaban J connectivity index is 2.33. The van der Waals surface area contributed by atoms with Crippen LogP contribution in [0, 0.1) is 17.3 Å². The lowest BCUT2D eigenvalue weighted by atomic mass is 10.2. The summed E-state index contributed by atoms with van der Waals surface area (Å²) < 4.78 is 13.5. The molecule has 0 aliphatic carbocycles. The van der Waals surface area contributed by atoms with Crippen molar-refractivity contribution < 1.29 is 4.39 Å². The maximum Gasteiger partial charge on any atom is 0.163 e. The maximum atomic E-state index is 13.5. The second kappa shape index (κ2) is 5.20. The molecule has 0 nitrogen and oxygen atoms in total. The highest BCUT2D eigenvalue weighted by atomic mass is 28.3. The highest BCUT2D eigenvalue weighted by molar-refractivity contribution is 6.96. The van der Waals surface area contributed by atoms with Crippen molar-refractivity contribution in [1.82, 2.24) is 0 Å². The van der Waals surface area contributed by atoms with Crippen LogP contribution in [0.25, 0.3) is 0 Å². The molecular weight excluding hydrogens is 239 g/mol. The first-order valence-corrected chi connectivity index (χ1v) is 8.93. The van der Waals surface area contributed by atoms with Gasteiger partial charge >= 0.3 is 0 Å². The average Bonchev–Trinajstić information content (AvgIpc) is 2.39. The third-order valence-corrected chi connectivity index (χ3v) is 5.41. The third-order valence-electron chi connectivity index (χ3n) is 2.88. The molecular formula is C16H15FSi. The molecule has 0 bridgehead atoms. The van der Waals surface area contributed by atoms with Crippen molar-refractivity contribution in [2.24, 2.45) is 0 Å². The van der Waals surface area contributed by atoms with Crippen molar-refractivity contribution in [3.05, 3.63) is 66.0 Å². The summed E-state index contributed by atoms with van der Waals surface area (Å²) in [6, 6.07) is 16.9. The van der Waals surface area contributed by atoms with Gasteiger partial charge in [0.15, 0.2) is 8.07 Å². The van der Waals surface area contributed by atoms with Crippen LogP contribution in [-0.4, -0.2) is 8.07 Å². The molecule has 2 aromatic rings. The Labute approximate surface area is 108 Å². The number of hydrogen-bond donors (Lipinski definition) is 0. The van der Waals surface area contributed by atoms with E-state index in [1.54, 1.807) is 12.1 Å². The van der Waals surface area contributed by atoms with Crippen molar-refractivity contribution in [2.75, 3.05) is 0 Å². The van der Waals surface area contributed by atoms with Crippen LogP contribution < -0.4 is 5.19 Å². The van der Waals surface area contributed by atoms with E-state index in [-0.39, 0.29) is 5.82 Å². The van der Waals surface area contributed by atoms with E-state index >= 15 is 0 Å². The zero-order chi connectivity index (χ0) is 13.0. The van der Waals surface area contributed by atoms with Gasteiger partial charge in [0.05, 0.1) is 5.56 Å². The maximum absolute atomic E-state index is 13.5. The Hall–Kier alpha value is -1.85. The fourth-order valence-electron chi connectivity index (χ4n) is 1.71. The minimum absolute atomic E-state index is 0.247. The number of hydrogen-bond acceptors (Lipinski definition) is 0. The zero-order valence-electron chi connectivity index (χ0n) is 10.6. The molecule has 2 aromatic carbocycles. The van der Waals surface area contributed by atoms with Crippen LogP contribution in [0.1, 0.15) is 5.56 Å². The van der Waals surface area contributed by atoms with E-state index in [0.717, 1.165) is 0 Å². The summed E-state index contributed by atoms with van der Waals surface area (Å²) in [6.07, 6.45) is 0. The van der Waals surface area contributed by atoms with Gasteiger partial charge in [-0.2, -0.15) is 0 Å². The molecule has 0 unspecified atom stereocenters. The van der Waals surface area contributed by atoms with Gasteiger partial charge < -0.3 is 0 Å². The molecule has 0 saturated carbocycles. The monoisotopic (exact) mass is 254 g/mol. The second-order valence-corrected chi connectivity index (χ2v) is 8.80. The van der Waals surface area contributed by atoms with Crippen LogP contribution in [0.4, 0.5) is 4.39 Å². The van der Waals surface area contributed by atoms with Gasteiger partial charge in [0, 0.05) is 0 Å². The molecule has 0 aromatic heterocycles. The van der Waals surface area contributed by atoms with Crippen LogP contribution >= 0.6 is 0 Å². The highest BCUT2D eigenvalue weighted by Gasteiger charge is 2.20. The SMILES string of the molecule is C[Si](C)(C#Cc1ccccc1F)c1ccccc1. The summed E-state index contributed by atoms with van der Waals surface area (Å²) in [4.78, 5) is 0. The number of rotatable bonds is 1. The molecule has 0 radical (unpaired) electrons. The Morgan fingerprint density at radius 1 is 0.889 bits per heavy atom. The Morgan fingerprint density at radius 2 is 1.50 bits per heavy atom. The molecule has 2 rings (SSSR count). The molecule has 0 saturated heterocycles. The summed E-state index contributed by atoms with van der Waals surface area (Å²) in [5, 5.41) is 1.27. The molecule has 90 valence electrons. The fourth-order valence-corrected chi connectivity index (χ4v) is 3.33. The van der Waals surface area contributed by atoms with E-state index in [1.807, 2.05) is 24.3 Å². The molecule has 0 amide bonds. The minimum Gasteiger partial charge on any atom is -0.206 e. The first-order valence-electron chi connectivity index (χ1n) is 5.93. The summed E-state index contributed by atoms with van der Waals surface area (Å²) in [6.45, 7) is 4.35. The van der Waals surface area contributed by atoms with Gasteiger partial charge in [-0.05, 0) is 17.3 Å². The summed E-state index contributed by atoms with van der Waals surface area (Å²) in [5.41, 5.74) is 3.76. The molecule has 0 atom stereocenters. The molecule has 0 fully saturated rings. The van der Waals surface area contributed by atoms with Gasteiger partial charge in [-0.15, -0.1) is 5.54 Å². The molecule has 0 aliphatic heterocycles. The standard InChI is InChI=1S/C16H15FSi/c1-18(2,15-9-4-3-5-10-15)13-12-14-8-6-7-11-16(14)17/h3-11H,1-2H3. The molecule has 0 spiro atoms. The van der Waals surface area contributed by atoms with Gasteiger partial charge in [-0.1, -0.05) is 61.5 Å². The lowest BCUT2D eigenvalue weighted by Crippen LogP contribution is -2.39. The molecule has 0 aliphatic rings. The Bertz CT molecular complexity index is 591. The van der Waals surface area contributed by atoms with E-state index < -0.39 is 8.07 Å². The highest BCUT2D eigenvalue weighted by Crippen LogP contribution is 2.06. The summed E-state index contributed by atoms with van der Waals surface area (Å²) >= 11 is 0. The molecule has 2 heteroatoms. The Morgan fingerprint density at radius 3 is 2.17 bits per heavy atom. The summed E-state index contributed by atoms with van der Waals surface area (Å²) in [5.74, 6) is 2.74. The normalized spacial score (nSPS) is 10.6. The lowest BCUT2D eigenvalue weighted by Gasteiger charge is -2.14. The van der Waals surface area contributed by atoms with Gasteiger partial charge in [0.1, 0.15) is 5.82 Å². The smallest absolute Gasteiger partial charge is 0.163 e. The van der Waals surface area contributed by atoms with Crippen molar-refractivity contribution in [3.63, 3.8) is 0 Å². The fraction of sp³-hybridized carbons (Fsp3) is 0.125. The topological polar surface area (TPSA) is 0 Å². The van der Waals surface area contributed by atoms with Crippen LogP contribution in [0.3, 0.4) is 0 Å². The lowest BCUT2D eigenvalue weighted by molar-refractivity contribution is 0.624. The van der Waals surface area contributed by atoms with E-state index in [2.05, 4.69) is 36.7 Å². The quantitative estimate of drug-likeness (QED) is 0.541. The van der Waals surface area contributed by atoms with E-state index in [1.165, 1.54) is 11.3 Å². The number of benzene rings is 2. The first-order chi connectivity index (χ1) is 8.59. The van der Waals surface area contributed by atoms with Crippen LogP contribution in [-0.2, 0) is 0 Å². The van der Waals surface area contributed by atoms with Crippen molar-refractivity contribution >= 4 is 13.3 Å². The molecule has 0 heterocycles. The predicted molar refractivity (Wildman–Crippen MR) is 76.8 cm³/mol. The van der Waals surface area contributed by atoms with Crippen LogP contribution in [0.15, 0.2) is 54.6 Å². The van der Waals surface area contributed by atoms with Crippen molar-refractivity contribution in [3.8, 4) is 11.5 Å². The van der Waals surface area contributed by atoms with Gasteiger partial charge in [-0.25, -0.2) is 4.39 Å². The zero-order valence-corrected chi connectivity index (χ0v) is 11.6. The molecule has 0 N–H and O–H groups in total.